The number of anilines is 2. The first-order valence-electron chi connectivity index (χ1n) is 27.7. The number of esters is 2. The van der Waals surface area contributed by atoms with Crippen molar-refractivity contribution in [3.8, 4) is 11.5 Å². The van der Waals surface area contributed by atoms with Crippen LogP contribution in [0, 0.1) is 0 Å². The molecule has 4 N–H and O–H groups in total. The van der Waals surface area contributed by atoms with Gasteiger partial charge in [-0.05, 0) is 154 Å². The lowest BCUT2D eigenvalue weighted by molar-refractivity contribution is -0.146. The Morgan fingerprint density at radius 3 is 1.50 bits per heavy atom. The highest BCUT2D eigenvalue weighted by atomic mass is 16.5. The Labute approximate surface area is 461 Å². The molecule has 2 aliphatic heterocycles. The van der Waals surface area contributed by atoms with Crippen LogP contribution in [-0.4, -0.2) is 81.6 Å². The minimum atomic E-state index is -0.610. The van der Waals surface area contributed by atoms with Gasteiger partial charge in [0, 0.05) is 61.5 Å². The molecule has 0 radical (unpaired) electrons. The number of nitrogens with one attached hydrogen (secondary N) is 1. The molecule has 2 amide bonds. The summed E-state index contributed by atoms with van der Waals surface area (Å²) in [6.45, 7) is 27.3. The van der Waals surface area contributed by atoms with Crippen LogP contribution in [0.25, 0.3) is 5.57 Å². The molecule has 2 heterocycles. The van der Waals surface area contributed by atoms with Gasteiger partial charge in [-0.1, -0.05) is 83.1 Å². The zero-order chi connectivity index (χ0) is 57.1. The van der Waals surface area contributed by atoms with E-state index in [4.69, 9.17) is 9.47 Å². The number of carbonyl (C=O) groups is 5. The third-order valence-corrected chi connectivity index (χ3v) is 14.9. The van der Waals surface area contributed by atoms with Crippen LogP contribution in [0.15, 0.2) is 88.3 Å². The number of carbonyl (C=O) groups excluding carboxylic acids is 5. The molecule has 78 heavy (non-hydrogen) atoms. The van der Waals surface area contributed by atoms with Crippen molar-refractivity contribution >= 4 is 52.2 Å². The molecule has 0 atom stereocenters. The van der Waals surface area contributed by atoms with Crippen molar-refractivity contribution < 1.29 is 48.8 Å². The van der Waals surface area contributed by atoms with Crippen LogP contribution in [-0.2, 0) is 68.3 Å². The van der Waals surface area contributed by atoms with Crippen molar-refractivity contribution in [3.05, 3.63) is 122 Å². The molecule has 418 valence electrons. The molecular formula is C64H82N4O10. The number of ketones is 1. The second-order valence-electron chi connectivity index (χ2n) is 25.4. The van der Waals surface area contributed by atoms with Gasteiger partial charge in [-0.25, -0.2) is 4.99 Å². The van der Waals surface area contributed by atoms with Gasteiger partial charge in [-0.3, -0.25) is 24.0 Å². The van der Waals surface area contributed by atoms with Gasteiger partial charge < -0.3 is 39.9 Å². The van der Waals surface area contributed by atoms with Crippen molar-refractivity contribution in [2.45, 2.75) is 182 Å². The number of aromatic hydroxyl groups is 2. The zero-order valence-electron chi connectivity index (χ0n) is 48.1. The lowest BCUT2D eigenvalue weighted by atomic mass is 9.78. The van der Waals surface area contributed by atoms with E-state index >= 15 is 0 Å². The van der Waals surface area contributed by atoms with Crippen molar-refractivity contribution in [1.82, 2.24) is 4.90 Å². The van der Waals surface area contributed by atoms with Gasteiger partial charge in [0.05, 0.1) is 35.4 Å². The van der Waals surface area contributed by atoms with E-state index in [9.17, 15) is 39.3 Å². The molecule has 14 nitrogen and oxygen atoms in total. The molecule has 0 spiro atoms. The van der Waals surface area contributed by atoms with Crippen LogP contribution >= 0.6 is 0 Å². The quantitative estimate of drug-likeness (QED) is 0.0882. The van der Waals surface area contributed by atoms with Gasteiger partial charge in [0.15, 0.2) is 0 Å². The van der Waals surface area contributed by atoms with E-state index in [1.54, 1.807) is 24.3 Å². The molecule has 4 aliphatic rings. The fourth-order valence-corrected chi connectivity index (χ4v) is 10.4. The second kappa shape index (κ2) is 23.6. The maximum atomic E-state index is 14.5. The molecule has 0 aromatic heterocycles. The minimum Gasteiger partial charge on any atom is -0.507 e. The number of amides is 2. The molecule has 2 fully saturated rings. The first kappa shape index (κ1) is 58.7. The standard InChI is InChI=1S/C64H82N4O10/c1-61(2,3)45-31-39(32-46(57(45)73)62(4,5)6)37-77-53(71)25-23-51(69)65-49-35-41(67-27-15-13-16-28-67)19-21-43(49)55-59(75)56(60(55)76)44-22-20-42(68-29-17-14-18-30-68)36-50(44)66-52(70)24-26-54(72)78-38-40-33-47(63(7,8)9)58(74)48(34-40)64(10,11)12/h19-22,31-36,73-75H,13-18,23-30,37-38H2,1-12H3,(H,65,69). The molecule has 7 rings (SSSR count). The summed E-state index contributed by atoms with van der Waals surface area (Å²) in [6.07, 6.45) is 10.5. The number of aliphatic hydroxyl groups is 1. The lowest BCUT2D eigenvalue weighted by Crippen LogP contribution is -2.31. The van der Waals surface area contributed by atoms with Gasteiger partial charge in [0.25, 0.3) is 0 Å². The molecule has 14 heteroatoms. The molecule has 3 aromatic carbocycles. The van der Waals surface area contributed by atoms with E-state index in [-0.39, 0.29) is 100 Å². The third kappa shape index (κ3) is 14.0. The predicted molar refractivity (Wildman–Crippen MR) is 307 cm³/mol. The number of likely N-dealkylation sites (tertiary alicyclic amines) is 1. The summed E-state index contributed by atoms with van der Waals surface area (Å²) >= 11 is 0. The van der Waals surface area contributed by atoms with Crippen molar-refractivity contribution in [2.75, 3.05) is 36.4 Å². The highest BCUT2D eigenvalue weighted by Gasteiger charge is 2.40. The fourth-order valence-electron chi connectivity index (χ4n) is 10.4. The number of benzene rings is 3. The van der Waals surface area contributed by atoms with Gasteiger partial charge in [0.2, 0.25) is 17.6 Å². The van der Waals surface area contributed by atoms with Crippen LogP contribution < -0.4 is 10.2 Å². The number of phenolic OH excluding ortho intramolecular Hbond substituents is 2. The molecule has 0 unspecified atom stereocenters. The number of phenols is 2. The topological polar surface area (TPSA) is 195 Å². The van der Waals surface area contributed by atoms with E-state index < -0.39 is 29.5 Å². The van der Waals surface area contributed by atoms with Crippen molar-refractivity contribution in [1.29, 1.82) is 0 Å². The number of allylic oxidation sites excluding steroid dienone is 6. The fraction of sp³-hybridized carbons (Fsp3) is 0.500. The maximum absolute atomic E-state index is 14.5. The number of hydrogen-bond acceptors (Lipinski definition) is 12. The maximum Gasteiger partial charge on any atom is 0.306 e. The first-order chi connectivity index (χ1) is 36.5. The molecule has 2 saturated heterocycles. The number of aliphatic imine (C=N–C) groups is 1. The van der Waals surface area contributed by atoms with Crippen LogP contribution in [0.4, 0.5) is 11.4 Å². The Balaban J connectivity index is 1.10. The Kier molecular flexibility index (Phi) is 17.7. The number of Topliss-reactive ketones (excluding diaryl/α,β-unsaturated/α-hetero) is 1. The van der Waals surface area contributed by atoms with E-state index in [2.05, 4.69) is 20.1 Å². The van der Waals surface area contributed by atoms with E-state index in [1.807, 2.05) is 119 Å². The Morgan fingerprint density at radius 1 is 0.577 bits per heavy atom. The highest BCUT2D eigenvalue weighted by molar-refractivity contribution is 6.42. The van der Waals surface area contributed by atoms with Crippen LogP contribution in [0.1, 0.15) is 186 Å². The van der Waals surface area contributed by atoms with Gasteiger partial charge in [0.1, 0.15) is 30.5 Å². The number of rotatable bonds is 14. The molecule has 2 aliphatic carbocycles. The lowest BCUT2D eigenvalue weighted by Gasteiger charge is -2.32. The second-order valence-corrected chi connectivity index (χ2v) is 25.4. The Morgan fingerprint density at radius 2 is 1.04 bits per heavy atom. The summed E-state index contributed by atoms with van der Waals surface area (Å²) in [7, 11) is 0. The molecular weight excluding hydrogens is 985 g/mol. The number of ether oxygens (including phenoxy) is 2. The van der Waals surface area contributed by atoms with Crippen LogP contribution in [0.2, 0.25) is 0 Å². The van der Waals surface area contributed by atoms with Gasteiger partial charge in [-0.2, -0.15) is 0 Å². The summed E-state index contributed by atoms with van der Waals surface area (Å²) in [4.78, 5) is 77.2. The molecule has 0 bridgehead atoms. The number of piperidine rings is 2. The minimum absolute atomic E-state index is 0.0129. The van der Waals surface area contributed by atoms with E-state index in [0.717, 1.165) is 109 Å². The number of hydrogen-bond donors (Lipinski definition) is 4. The normalized spacial score (nSPS) is 18.0. The highest BCUT2D eigenvalue weighted by Crippen LogP contribution is 2.45. The summed E-state index contributed by atoms with van der Waals surface area (Å²) in [6, 6.07) is 12.8. The Bertz CT molecular complexity index is 2930. The monoisotopic (exact) mass is 1070 g/mol. The van der Waals surface area contributed by atoms with Crippen LogP contribution in [0.3, 0.4) is 0 Å². The van der Waals surface area contributed by atoms with Crippen LogP contribution in [0.5, 0.6) is 11.5 Å². The average molecular weight is 1070 g/mol. The van der Waals surface area contributed by atoms with Gasteiger partial charge in [-0.15, -0.1) is 0 Å². The number of nitrogens with zero attached hydrogens (tertiary/aromatic N) is 3. The summed E-state index contributed by atoms with van der Waals surface area (Å²) in [5, 5.41) is 37.2. The summed E-state index contributed by atoms with van der Waals surface area (Å²) in [5.41, 5.74) is 5.57. The first-order valence-corrected chi connectivity index (χ1v) is 27.7. The average Bonchev–Trinajstić information content (AvgIpc) is 3.53. The summed E-state index contributed by atoms with van der Waals surface area (Å²) in [5.74, 6) is -2.65. The molecule has 3 aromatic rings. The van der Waals surface area contributed by atoms with Gasteiger partial charge >= 0.3 is 11.9 Å². The zero-order valence-corrected chi connectivity index (χ0v) is 48.1. The van der Waals surface area contributed by atoms with E-state index in [0.29, 0.717) is 11.3 Å². The summed E-state index contributed by atoms with van der Waals surface area (Å²) < 4.78 is 11.3. The predicted octanol–water partition coefficient (Wildman–Crippen LogP) is 12.3. The van der Waals surface area contributed by atoms with Crippen molar-refractivity contribution in [3.63, 3.8) is 0 Å². The largest absolute Gasteiger partial charge is 0.507 e. The Hall–Kier alpha value is -6.96. The van der Waals surface area contributed by atoms with Crippen molar-refractivity contribution in [2.24, 2.45) is 4.99 Å². The van der Waals surface area contributed by atoms with E-state index in [1.165, 1.54) is 0 Å². The number of aliphatic hydroxyl groups excluding tert-OH is 1. The smallest absolute Gasteiger partial charge is 0.306 e. The third-order valence-electron chi connectivity index (χ3n) is 14.9. The molecule has 0 saturated carbocycles. The SMILES string of the molecule is CC(C)(C)c1cc(COC(=O)CCC(=O)N=C2C=C(N3CCCCC3)C=CC2=C2C(=O)C(c3ccc(N4CCCCC4)cc3NC(=O)CCC(=O)OCc3cc(C(C)(C)C)c(O)c(C(C)(C)C)c3)=C2O)cc(C(C)(C)C)c1O.